The van der Waals surface area contributed by atoms with E-state index in [-0.39, 0.29) is 5.88 Å². The zero-order chi connectivity index (χ0) is 15.6. The first-order valence-corrected chi connectivity index (χ1v) is 6.39. The first kappa shape index (κ1) is 14.8. The molecular formula is C14H16N2O5. The van der Waals surface area contributed by atoms with Crippen LogP contribution in [-0.4, -0.2) is 23.1 Å². The Kier molecular flexibility index (Phi) is 4.11. The van der Waals surface area contributed by atoms with E-state index in [1.165, 1.54) is 6.92 Å². The van der Waals surface area contributed by atoms with Gasteiger partial charge >= 0.3 is 5.97 Å². The van der Waals surface area contributed by atoms with Crippen molar-refractivity contribution in [2.24, 2.45) is 0 Å². The molecule has 21 heavy (non-hydrogen) atoms. The Morgan fingerprint density at radius 1 is 1.29 bits per heavy atom. The molecule has 1 atom stereocenters. The molecule has 7 heteroatoms. The normalized spacial score (nSPS) is 12.0. The minimum absolute atomic E-state index is 0.204. The van der Waals surface area contributed by atoms with Crippen LogP contribution in [0.25, 0.3) is 0 Å². The van der Waals surface area contributed by atoms with Crippen molar-refractivity contribution in [1.29, 1.82) is 0 Å². The fourth-order valence-electron chi connectivity index (χ4n) is 1.76. The highest BCUT2D eigenvalue weighted by atomic mass is 16.5. The number of carbonyl (C=O) groups excluding carboxylic acids is 2. The van der Waals surface area contributed by atoms with Gasteiger partial charge in [-0.3, -0.25) is 10.1 Å². The fourth-order valence-corrected chi connectivity index (χ4v) is 1.76. The van der Waals surface area contributed by atoms with Gasteiger partial charge in [0.1, 0.15) is 17.1 Å². The lowest BCUT2D eigenvalue weighted by Crippen LogP contribution is -2.29. The Labute approximate surface area is 121 Å². The number of ether oxygens (including phenoxy) is 1. The van der Waals surface area contributed by atoms with E-state index in [1.807, 2.05) is 0 Å². The van der Waals surface area contributed by atoms with Gasteiger partial charge in [-0.2, -0.15) is 0 Å². The van der Waals surface area contributed by atoms with E-state index in [9.17, 15) is 9.59 Å². The van der Waals surface area contributed by atoms with Crippen LogP contribution >= 0.6 is 0 Å². The van der Waals surface area contributed by atoms with Crippen LogP contribution in [0.3, 0.4) is 0 Å². The number of anilines is 1. The van der Waals surface area contributed by atoms with E-state index in [0.29, 0.717) is 22.8 Å². The number of nitrogens with zero attached hydrogens (tertiary/aromatic N) is 1. The van der Waals surface area contributed by atoms with Crippen molar-refractivity contribution in [3.05, 3.63) is 34.9 Å². The summed E-state index contributed by atoms with van der Waals surface area (Å²) < 4.78 is 15.2. The summed E-state index contributed by atoms with van der Waals surface area (Å²) in [6.45, 7) is 6.59. The minimum atomic E-state index is -0.975. The summed E-state index contributed by atoms with van der Waals surface area (Å²) in [6.07, 6.45) is -0.975. The van der Waals surface area contributed by atoms with Gasteiger partial charge in [-0.25, -0.2) is 4.79 Å². The van der Waals surface area contributed by atoms with Gasteiger partial charge in [0, 0.05) is 6.07 Å². The predicted octanol–water partition coefficient (Wildman–Crippen LogP) is 2.38. The molecule has 0 saturated carbocycles. The average Bonchev–Trinajstić information content (AvgIpc) is 2.95. The Morgan fingerprint density at radius 3 is 2.52 bits per heavy atom. The lowest BCUT2D eigenvalue weighted by atomic mass is 10.2. The number of furan rings is 1. The van der Waals surface area contributed by atoms with Crippen LogP contribution in [0.1, 0.15) is 34.5 Å². The third kappa shape index (κ3) is 3.50. The lowest BCUT2D eigenvalue weighted by molar-refractivity contribution is -0.123. The molecule has 2 aromatic heterocycles. The van der Waals surface area contributed by atoms with Gasteiger partial charge in [0.25, 0.3) is 5.91 Å². The second kappa shape index (κ2) is 5.82. The molecule has 7 nitrogen and oxygen atoms in total. The van der Waals surface area contributed by atoms with E-state index < -0.39 is 18.0 Å². The number of aromatic nitrogens is 1. The topological polar surface area (TPSA) is 94.6 Å². The van der Waals surface area contributed by atoms with Gasteiger partial charge in [-0.15, -0.1) is 0 Å². The maximum atomic E-state index is 12.0. The van der Waals surface area contributed by atoms with Crippen LogP contribution in [0.5, 0.6) is 0 Å². The largest absolute Gasteiger partial charge is 0.466 e. The smallest absolute Gasteiger partial charge is 0.342 e. The van der Waals surface area contributed by atoms with E-state index >= 15 is 0 Å². The van der Waals surface area contributed by atoms with Crippen LogP contribution in [0, 0.1) is 20.8 Å². The highest BCUT2D eigenvalue weighted by Gasteiger charge is 2.22. The molecule has 0 bridgehead atoms. The number of carbonyl (C=O) groups is 2. The molecule has 1 amide bonds. The van der Waals surface area contributed by atoms with Crippen LogP contribution in [0.4, 0.5) is 5.88 Å². The van der Waals surface area contributed by atoms with Crippen molar-refractivity contribution in [3.8, 4) is 0 Å². The molecule has 0 fully saturated rings. The maximum Gasteiger partial charge on any atom is 0.342 e. The molecule has 0 aromatic carbocycles. The third-order valence-electron chi connectivity index (χ3n) is 2.79. The monoisotopic (exact) mass is 292 g/mol. The standard InChI is InChI=1S/C14H16N2O5/c1-7-5-12(21-16-7)15-13(17)10(4)20-14(18)11-6-8(2)19-9(11)3/h5-6,10H,1-4H3,(H,15,17)/t10-/m1/s1. The van der Waals surface area contributed by atoms with Gasteiger partial charge < -0.3 is 13.7 Å². The molecule has 2 aromatic rings. The van der Waals surface area contributed by atoms with E-state index in [0.717, 1.165) is 0 Å². The van der Waals surface area contributed by atoms with Gasteiger partial charge in [0.15, 0.2) is 6.10 Å². The number of nitrogens with one attached hydrogen (secondary N) is 1. The van der Waals surface area contributed by atoms with Crippen LogP contribution in [0.15, 0.2) is 21.1 Å². The van der Waals surface area contributed by atoms with E-state index in [4.69, 9.17) is 13.7 Å². The van der Waals surface area contributed by atoms with Crippen molar-refractivity contribution in [2.75, 3.05) is 5.32 Å². The van der Waals surface area contributed by atoms with E-state index in [1.54, 1.807) is 32.9 Å². The van der Waals surface area contributed by atoms with Crippen LogP contribution in [-0.2, 0) is 9.53 Å². The summed E-state index contributed by atoms with van der Waals surface area (Å²) in [5, 5.41) is 6.11. The molecular weight excluding hydrogens is 276 g/mol. The summed E-state index contributed by atoms with van der Waals surface area (Å²) in [5.41, 5.74) is 0.946. The fraction of sp³-hybridized carbons (Fsp3) is 0.357. The number of aryl methyl sites for hydroxylation is 3. The molecule has 2 heterocycles. The first-order chi connectivity index (χ1) is 9.86. The number of hydrogen-bond donors (Lipinski definition) is 1. The molecule has 0 aliphatic heterocycles. The Bertz CT molecular complexity index is 671. The highest BCUT2D eigenvalue weighted by Crippen LogP contribution is 2.16. The second-order valence-electron chi connectivity index (χ2n) is 4.70. The third-order valence-corrected chi connectivity index (χ3v) is 2.79. The predicted molar refractivity (Wildman–Crippen MR) is 72.9 cm³/mol. The summed E-state index contributed by atoms with van der Waals surface area (Å²) in [7, 11) is 0. The van der Waals surface area contributed by atoms with Crippen LogP contribution < -0.4 is 5.32 Å². The summed E-state index contributed by atoms with van der Waals surface area (Å²) in [4.78, 5) is 23.8. The SMILES string of the molecule is Cc1cc(NC(=O)[C@@H](C)OC(=O)c2cc(C)oc2C)on1. The zero-order valence-corrected chi connectivity index (χ0v) is 12.2. The molecule has 1 N–H and O–H groups in total. The Morgan fingerprint density at radius 2 is 2.00 bits per heavy atom. The van der Waals surface area contributed by atoms with Gasteiger partial charge in [-0.05, 0) is 33.8 Å². The second-order valence-corrected chi connectivity index (χ2v) is 4.70. The minimum Gasteiger partial charge on any atom is -0.466 e. The maximum absolute atomic E-state index is 12.0. The Balaban J connectivity index is 1.97. The molecule has 0 unspecified atom stereocenters. The molecule has 112 valence electrons. The molecule has 0 aliphatic rings. The molecule has 0 radical (unpaired) electrons. The van der Waals surface area contributed by atoms with Gasteiger partial charge in [0.05, 0.1) is 5.69 Å². The molecule has 0 spiro atoms. The van der Waals surface area contributed by atoms with E-state index in [2.05, 4.69) is 10.5 Å². The van der Waals surface area contributed by atoms with Crippen molar-refractivity contribution in [1.82, 2.24) is 5.16 Å². The first-order valence-electron chi connectivity index (χ1n) is 6.39. The summed E-state index contributed by atoms with van der Waals surface area (Å²) >= 11 is 0. The number of esters is 1. The van der Waals surface area contributed by atoms with Gasteiger partial charge in [-0.1, -0.05) is 5.16 Å². The molecule has 0 saturated heterocycles. The summed E-state index contributed by atoms with van der Waals surface area (Å²) in [5.74, 6) is 0.151. The van der Waals surface area contributed by atoms with Crippen LogP contribution in [0.2, 0.25) is 0 Å². The summed E-state index contributed by atoms with van der Waals surface area (Å²) in [6, 6.07) is 3.14. The molecule has 0 aliphatic carbocycles. The highest BCUT2D eigenvalue weighted by molar-refractivity contribution is 5.97. The number of rotatable bonds is 4. The van der Waals surface area contributed by atoms with Crippen molar-refractivity contribution < 1.29 is 23.3 Å². The number of amides is 1. The number of hydrogen-bond acceptors (Lipinski definition) is 6. The lowest BCUT2D eigenvalue weighted by Gasteiger charge is -2.11. The van der Waals surface area contributed by atoms with Gasteiger partial charge in [0.2, 0.25) is 5.88 Å². The molecule has 2 rings (SSSR count). The van der Waals surface area contributed by atoms with Crippen molar-refractivity contribution in [2.45, 2.75) is 33.8 Å². The van der Waals surface area contributed by atoms with Crippen molar-refractivity contribution in [3.63, 3.8) is 0 Å². The Hall–Kier alpha value is -2.57. The zero-order valence-electron chi connectivity index (χ0n) is 12.2. The average molecular weight is 292 g/mol. The quantitative estimate of drug-likeness (QED) is 0.869. The van der Waals surface area contributed by atoms with Crippen molar-refractivity contribution >= 4 is 17.8 Å².